The fraction of sp³-hybridized carbons (Fsp3) is 0.700. The fourth-order valence-corrected chi connectivity index (χ4v) is 3.38. The van der Waals surface area contributed by atoms with Crippen LogP contribution in [0.15, 0.2) is 36.5 Å². The molecule has 1 fully saturated rings. The monoisotopic (exact) mass is 304 g/mol. The van der Waals surface area contributed by atoms with Gasteiger partial charge in [0.2, 0.25) is 0 Å². The first-order valence-corrected chi connectivity index (χ1v) is 8.66. The maximum Gasteiger partial charge on any atom is 0.0843 e. The van der Waals surface area contributed by atoms with Gasteiger partial charge in [0.1, 0.15) is 0 Å². The summed E-state index contributed by atoms with van der Waals surface area (Å²) >= 11 is 0. The van der Waals surface area contributed by atoms with Gasteiger partial charge in [-0.1, -0.05) is 44.7 Å². The second-order valence-electron chi connectivity index (χ2n) is 7.89. The van der Waals surface area contributed by atoms with Gasteiger partial charge in [-0.05, 0) is 63.4 Å². The van der Waals surface area contributed by atoms with E-state index in [1.165, 1.54) is 5.57 Å². The number of hydrogen-bond acceptors (Lipinski definition) is 2. The predicted octanol–water partition coefficient (Wildman–Crippen LogP) is 4.80. The smallest absolute Gasteiger partial charge is 0.0843 e. The van der Waals surface area contributed by atoms with E-state index in [2.05, 4.69) is 45.6 Å². The fourth-order valence-electron chi connectivity index (χ4n) is 3.38. The molecule has 0 amide bonds. The number of rotatable bonds is 1. The standard InChI is InChI=1S/C20H32O2/c1-15(2)17-8-7-16(3)18-10-14-20(5,22-18)12-6-11-19(4,21)13-9-17/h6,9,12-13,15,17-18,21H,3,7-8,10-11,14H2,1-2,4-5H3/b12-6+,13-9+/t17-,18-,19-,20-/m1/s1. The molecule has 0 unspecified atom stereocenters. The molecule has 1 saturated heterocycles. The van der Waals surface area contributed by atoms with E-state index in [0.717, 1.165) is 25.7 Å². The summed E-state index contributed by atoms with van der Waals surface area (Å²) in [5, 5.41) is 10.5. The first-order chi connectivity index (χ1) is 10.2. The largest absolute Gasteiger partial charge is 0.386 e. The molecule has 2 nitrogen and oxygen atoms in total. The lowest BCUT2D eigenvalue weighted by Gasteiger charge is -2.23. The van der Waals surface area contributed by atoms with Crippen molar-refractivity contribution in [1.82, 2.24) is 0 Å². The van der Waals surface area contributed by atoms with Crippen molar-refractivity contribution >= 4 is 0 Å². The molecule has 2 aliphatic rings. The number of fused-ring (bicyclic) bond motifs is 2. The van der Waals surface area contributed by atoms with E-state index in [9.17, 15) is 5.11 Å². The van der Waals surface area contributed by atoms with Crippen LogP contribution < -0.4 is 0 Å². The topological polar surface area (TPSA) is 29.5 Å². The highest BCUT2D eigenvalue weighted by molar-refractivity contribution is 5.14. The minimum absolute atomic E-state index is 0.188. The molecule has 22 heavy (non-hydrogen) atoms. The maximum absolute atomic E-state index is 10.5. The van der Waals surface area contributed by atoms with Gasteiger partial charge in [0, 0.05) is 0 Å². The third-order valence-electron chi connectivity index (χ3n) is 5.13. The Kier molecular flexibility index (Phi) is 5.34. The highest BCUT2D eigenvalue weighted by atomic mass is 16.5. The first kappa shape index (κ1) is 17.5. The molecular formula is C20H32O2. The van der Waals surface area contributed by atoms with Crippen LogP contribution in [-0.4, -0.2) is 22.4 Å². The van der Waals surface area contributed by atoms with Gasteiger partial charge in [0.05, 0.1) is 17.3 Å². The number of hydrogen-bond donors (Lipinski definition) is 1. The first-order valence-electron chi connectivity index (χ1n) is 8.66. The molecule has 1 N–H and O–H groups in total. The number of allylic oxidation sites excluding steroid dienone is 1. The summed E-state index contributed by atoms with van der Waals surface area (Å²) in [6, 6.07) is 0. The van der Waals surface area contributed by atoms with E-state index in [4.69, 9.17) is 4.74 Å². The van der Waals surface area contributed by atoms with Crippen molar-refractivity contribution in [3.63, 3.8) is 0 Å². The van der Waals surface area contributed by atoms with Crippen molar-refractivity contribution in [3.05, 3.63) is 36.5 Å². The molecule has 2 heteroatoms. The van der Waals surface area contributed by atoms with Crippen molar-refractivity contribution in [2.45, 2.75) is 77.1 Å². The Morgan fingerprint density at radius 3 is 2.68 bits per heavy atom. The third kappa shape index (κ3) is 4.57. The molecule has 0 saturated carbocycles. The van der Waals surface area contributed by atoms with Crippen LogP contribution in [-0.2, 0) is 4.74 Å². The van der Waals surface area contributed by atoms with Gasteiger partial charge < -0.3 is 9.84 Å². The van der Waals surface area contributed by atoms with E-state index < -0.39 is 5.60 Å². The van der Waals surface area contributed by atoms with E-state index >= 15 is 0 Å². The Morgan fingerprint density at radius 1 is 1.27 bits per heavy atom. The second-order valence-corrected chi connectivity index (χ2v) is 7.89. The molecule has 0 aromatic rings. The van der Waals surface area contributed by atoms with Gasteiger partial charge in [-0.25, -0.2) is 0 Å². The Morgan fingerprint density at radius 2 is 2.00 bits per heavy atom. The molecule has 0 radical (unpaired) electrons. The van der Waals surface area contributed by atoms with Crippen molar-refractivity contribution in [3.8, 4) is 0 Å². The van der Waals surface area contributed by atoms with Crippen molar-refractivity contribution in [2.75, 3.05) is 0 Å². The van der Waals surface area contributed by atoms with Crippen LogP contribution in [0.25, 0.3) is 0 Å². The van der Waals surface area contributed by atoms with Crippen LogP contribution in [0, 0.1) is 11.8 Å². The van der Waals surface area contributed by atoms with Gasteiger partial charge >= 0.3 is 0 Å². The molecule has 124 valence electrons. The van der Waals surface area contributed by atoms with Gasteiger partial charge in [0.25, 0.3) is 0 Å². The Hall–Kier alpha value is -0.860. The van der Waals surface area contributed by atoms with Crippen LogP contribution in [0.1, 0.15) is 59.8 Å². The summed E-state index contributed by atoms with van der Waals surface area (Å²) in [5.41, 5.74) is 0.226. The number of aliphatic hydroxyl groups is 1. The lowest BCUT2D eigenvalue weighted by Crippen LogP contribution is -2.24. The van der Waals surface area contributed by atoms with E-state index in [0.29, 0.717) is 18.3 Å². The molecule has 2 aliphatic heterocycles. The zero-order valence-electron chi connectivity index (χ0n) is 14.6. The summed E-state index contributed by atoms with van der Waals surface area (Å²) in [6.07, 6.45) is 13.3. The Bertz CT molecular complexity index is 458. The normalized spacial score (nSPS) is 43.3. The summed E-state index contributed by atoms with van der Waals surface area (Å²) < 4.78 is 6.25. The van der Waals surface area contributed by atoms with Gasteiger partial charge in [-0.3, -0.25) is 0 Å². The average Bonchev–Trinajstić information content (AvgIpc) is 2.79. The van der Waals surface area contributed by atoms with Gasteiger partial charge in [-0.15, -0.1) is 0 Å². The van der Waals surface area contributed by atoms with Crippen LogP contribution in [0.5, 0.6) is 0 Å². The molecule has 2 bridgehead atoms. The second kappa shape index (κ2) is 6.72. The van der Waals surface area contributed by atoms with Gasteiger partial charge in [0.15, 0.2) is 0 Å². The lowest BCUT2D eigenvalue weighted by molar-refractivity contribution is 0.0200. The Labute approximate surface area is 136 Å². The van der Waals surface area contributed by atoms with Crippen molar-refractivity contribution in [1.29, 1.82) is 0 Å². The molecular weight excluding hydrogens is 272 g/mol. The minimum atomic E-state index is -0.789. The SMILES string of the molecule is C=C1CC[C@@H](C(C)C)/C=C/[C@](C)(O)C/C=C/[C@]2(C)CC[C@H]1O2. The highest BCUT2D eigenvalue weighted by Crippen LogP contribution is 2.37. The van der Waals surface area contributed by atoms with E-state index in [1.54, 1.807) is 0 Å². The van der Waals surface area contributed by atoms with Crippen molar-refractivity contribution < 1.29 is 9.84 Å². The van der Waals surface area contributed by atoms with Gasteiger partial charge in [-0.2, -0.15) is 0 Å². The number of ether oxygens (including phenoxy) is 1. The third-order valence-corrected chi connectivity index (χ3v) is 5.13. The maximum atomic E-state index is 10.5. The van der Waals surface area contributed by atoms with Crippen LogP contribution in [0.4, 0.5) is 0 Å². The van der Waals surface area contributed by atoms with Crippen LogP contribution in [0.2, 0.25) is 0 Å². The summed E-state index contributed by atoms with van der Waals surface area (Å²) in [5.74, 6) is 1.04. The summed E-state index contributed by atoms with van der Waals surface area (Å²) in [7, 11) is 0. The molecule has 0 aromatic heterocycles. The van der Waals surface area contributed by atoms with Crippen LogP contribution in [0.3, 0.4) is 0 Å². The summed E-state index contributed by atoms with van der Waals surface area (Å²) in [4.78, 5) is 0. The van der Waals surface area contributed by atoms with E-state index in [1.807, 2.05) is 13.0 Å². The summed E-state index contributed by atoms with van der Waals surface area (Å²) in [6.45, 7) is 12.8. The highest BCUT2D eigenvalue weighted by Gasteiger charge is 2.35. The quantitative estimate of drug-likeness (QED) is 0.705. The van der Waals surface area contributed by atoms with Crippen LogP contribution >= 0.6 is 0 Å². The molecule has 0 spiro atoms. The van der Waals surface area contributed by atoms with Crippen molar-refractivity contribution in [2.24, 2.45) is 11.8 Å². The minimum Gasteiger partial charge on any atom is -0.386 e. The molecule has 0 aliphatic carbocycles. The molecule has 0 aromatic carbocycles. The van der Waals surface area contributed by atoms with E-state index in [-0.39, 0.29) is 11.7 Å². The predicted molar refractivity (Wildman–Crippen MR) is 92.7 cm³/mol. The lowest BCUT2D eigenvalue weighted by atomic mass is 9.86. The zero-order valence-corrected chi connectivity index (χ0v) is 14.6. The zero-order chi connectivity index (χ0) is 16.4. The average molecular weight is 304 g/mol. The molecule has 2 rings (SSSR count). The molecule has 2 heterocycles. The molecule has 4 atom stereocenters. The Balaban J connectivity index is 2.22.